The van der Waals surface area contributed by atoms with Crippen LogP contribution in [0.3, 0.4) is 0 Å². The fraction of sp³-hybridized carbons (Fsp3) is 0.0909. The first-order valence-electron chi connectivity index (χ1n) is 9.53. The minimum absolute atomic E-state index is 0.0304. The summed E-state index contributed by atoms with van der Waals surface area (Å²) in [4.78, 5) is 36.1. The van der Waals surface area contributed by atoms with E-state index in [1.807, 2.05) is 30.3 Å². The maximum atomic E-state index is 12.6. The van der Waals surface area contributed by atoms with Crippen LogP contribution in [-0.2, 0) is 11.3 Å². The maximum Gasteiger partial charge on any atom is 0.294 e. The van der Waals surface area contributed by atoms with Gasteiger partial charge in [-0.1, -0.05) is 18.2 Å². The smallest absolute Gasteiger partial charge is 0.294 e. The van der Waals surface area contributed by atoms with Crippen LogP contribution in [0.5, 0.6) is 0 Å². The van der Waals surface area contributed by atoms with Crippen molar-refractivity contribution in [2.24, 2.45) is 0 Å². The second-order valence-corrected chi connectivity index (χ2v) is 6.89. The van der Waals surface area contributed by atoms with Crippen molar-refractivity contribution in [1.29, 1.82) is 0 Å². The lowest BCUT2D eigenvalue weighted by molar-refractivity contribution is 0.0660. The Morgan fingerprint density at radius 1 is 1.13 bits per heavy atom. The predicted molar refractivity (Wildman–Crippen MR) is 112 cm³/mol. The second kappa shape index (κ2) is 7.88. The Bertz CT molecular complexity index is 1250. The molecule has 9 heteroatoms. The first-order chi connectivity index (χ1) is 15.2. The molecule has 31 heavy (non-hydrogen) atoms. The number of hydrogen-bond donors (Lipinski definition) is 3. The zero-order valence-electron chi connectivity index (χ0n) is 16.2. The number of hydrogen-bond acceptors (Lipinski definition) is 7. The number of pyridine rings is 1. The summed E-state index contributed by atoms with van der Waals surface area (Å²) in [6.45, 7) is 0.341. The number of ketones is 1. The number of para-hydroxylation sites is 1. The summed E-state index contributed by atoms with van der Waals surface area (Å²) in [5.74, 6) is -0.148. The van der Waals surface area contributed by atoms with Crippen molar-refractivity contribution in [1.82, 2.24) is 15.0 Å². The van der Waals surface area contributed by atoms with Crippen LogP contribution < -0.4 is 10.6 Å². The van der Waals surface area contributed by atoms with Gasteiger partial charge in [0.1, 0.15) is 12.4 Å². The number of H-pyrrole nitrogens is 1. The van der Waals surface area contributed by atoms with Crippen LogP contribution in [0.15, 0.2) is 65.7 Å². The van der Waals surface area contributed by atoms with E-state index in [0.29, 0.717) is 35.1 Å². The lowest BCUT2D eigenvalue weighted by Gasteiger charge is -2.14. The fourth-order valence-electron chi connectivity index (χ4n) is 3.45. The summed E-state index contributed by atoms with van der Waals surface area (Å²) >= 11 is 0. The van der Waals surface area contributed by atoms with Crippen LogP contribution in [-0.4, -0.2) is 33.2 Å². The van der Waals surface area contributed by atoms with Gasteiger partial charge in [-0.2, -0.15) is 0 Å². The van der Waals surface area contributed by atoms with Crippen molar-refractivity contribution in [3.05, 3.63) is 78.3 Å². The number of Topliss-reactive ketones (excluding diaryl/α,β-unsaturated/α-hetero) is 1. The molecule has 5 rings (SSSR count). The number of aromatic amines is 1. The van der Waals surface area contributed by atoms with Crippen molar-refractivity contribution in [2.75, 3.05) is 17.2 Å². The highest BCUT2D eigenvalue weighted by molar-refractivity contribution is 6.08. The third-order valence-electron chi connectivity index (χ3n) is 4.83. The van der Waals surface area contributed by atoms with Crippen molar-refractivity contribution < 1.29 is 18.7 Å². The van der Waals surface area contributed by atoms with Crippen LogP contribution in [0.1, 0.15) is 26.6 Å². The van der Waals surface area contributed by atoms with Crippen LogP contribution in [0, 0.1) is 0 Å². The molecule has 4 heterocycles. The number of carbonyl (C=O) groups is 2. The number of nitrogens with one attached hydrogen (secondary N) is 3. The zero-order valence-corrected chi connectivity index (χ0v) is 16.2. The summed E-state index contributed by atoms with van der Waals surface area (Å²) in [5.41, 5.74) is 4.22. The molecule has 1 aromatic carbocycles. The lowest BCUT2D eigenvalue weighted by atomic mass is 10.0. The molecule has 4 aromatic rings. The summed E-state index contributed by atoms with van der Waals surface area (Å²) in [7, 11) is 0. The molecule has 0 radical (unpaired) electrons. The number of fused-ring (bicyclic) bond motifs is 1. The van der Waals surface area contributed by atoms with Crippen LogP contribution in [0.2, 0.25) is 0 Å². The SMILES string of the molecule is O=C(Nc1cc(-c2[nH]c3c(c2Nc2ccccc2)C(=O)COC3)ccn1)c1cnco1. The standard InChI is InChI=1S/C22H17N5O4/c28-16-11-30-10-15-19(16)21(25-14-4-2-1-3-5-14)20(26-15)13-6-7-24-18(8-13)27-22(29)17-9-23-12-31-17/h1-9,12,25-26H,10-11H2,(H,24,27,29). The van der Waals surface area contributed by atoms with Gasteiger partial charge < -0.3 is 24.8 Å². The van der Waals surface area contributed by atoms with E-state index < -0.39 is 5.91 Å². The molecule has 0 atom stereocenters. The van der Waals surface area contributed by atoms with E-state index >= 15 is 0 Å². The quantitative estimate of drug-likeness (QED) is 0.453. The molecule has 1 amide bonds. The highest BCUT2D eigenvalue weighted by Gasteiger charge is 2.27. The Kier molecular flexibility index (Phi) is 4.77. The average Bonchev–Trinajstić information content (AvgIpc) is 3.44. The maximum absolute atomic E-state index is 12.6. The summed E-state index contributed by atoms with van der Waals surface area (Å²) < 4.78 is 10.4. The Hall–Kier alpha value is -4.24. The highest BCUT2D eigenvalue weighted by atomic mass is 16.5. The molecule has 0 aliphatic carbocycles. The summed E-state index contributed by atoms with van der Waals surface area (Å²) in [5, 5.41) is 6.04. The third-order valence-corrected chi connectivity index (χ3v) is 4.83. The Balaban J connectivity index is 1.54. The van der Waals surface area contributed by atoms with Gasteiger partial charge in [0, 0.05) is 17.4 Å². The van der Waals surface area contributed by atoms with Gasteiger partial charge in [-0.25, -0.2) is 9.97 Å². The molecule has 3 N–H and O–H groups in total. The van der Waals surface area contributed by atoms with Crippen molar-refractivity contribution in [3.8, 4) is 11.3 Å². The van der Waals surface area contributed by atoms with Crippen molar-refractivity contribution in [2.45, 2.75) is 6.61 Å². The average molecular weight is 415 g/mol. The number of aromatic nitrogens is 3. The highest BCUT2D eigenvalue weighted by Crippen LogP contribution is 2.37. The molecule has 1 aliphatic heterocycles. The minimum atomic E-state index is -0.459. The van der Waals surface area contributed by atoms with Crippen LogP contribution >= 0.6 is 0 Å². The van der Waals surface area contributed by atoms with E-state index in [0.717, 1.165) is 11.3 Å². The monoisotopic (exact) mass is 415 g/mol. The lowest BCUT2D eigenvalue weighted by Crippen LogP contribution is -2.18. The van der Waals surface area contributed by atoms with Crippen molar-refractivity contribution in [3.63, 3.8) is 0 Å². The molecular formula is C22H17N5O4. The van der Waals surface area contributed by atoms with Gasteiger partial charge >= 0.3 is 0 Å². The van der Waals surface area contributed by atoms with Gasteiger partial charge in [-0.15, -0.1) is 0 Å². The van der Waals surface area contributed by atoms with Crippen LogP contribution in [0.25, 0.3) is 11.3 Å². The number of nitrogens with zero attached hydrogens (tertiary/aromatic N) is 2. The van der Waals surface area contributed by atoms with Gasteiger partial charge in [-0.05, 0) is 24.3 Å². The van der Waals surface area contributed by atoms with Crippen molar-refractivity contribution >= 4 is 28.9 Å². The molecule has 0 spiro atoms. The number of anilines is 3. The topological polar surface area (TPSA) is 122 Å². The van der Waals surface area contributed by atoms with E-state index in [9.17, 15) is 9.59 Å². The molecule has 154 valence electrons. The van der Waals surface area contributed by atoms with Gasteiger partial charge in [0.25, 0.3) is 5.91 Å². The van der Waals surface area contributed by atoms with E-state index in [1.54, 1.807) is 18.3 Å². The Morgan fingerprint density at radius 3 is 2.81 bits per heavy atom. The number of amides is 1. The van der Waals surface area contributed by atoms with E-state index in [-0.39, 0.29) is 18.2 Å². The molecule has 1 aliphatic rings. The summed E-state index contributed by atoms with van der Waals surface area (Å²) in [6.07, 6.45) is 4.09. The number of rotatable bonds is 5. The number of benzene rings is 1. The molecule has 9 nitrogen and oxygen atoms in total. The number of ether oxygens (including phenoxy) is 1. The Labute approximate surface area is 176 Å². The number of carbonyl (C=O) groups excluding carboxylic acids is 2. The van der Waals surface area contributed by atoms with E-state index in [1.165, 1.54) is 12.6 Å². The largest absolute Gasteiger partial charge is 0.438 e. The second-order valence-electron chi connectivity index (χ2n) is 6.89. The zero-order chi connectivity index (χ0) is 21.2. The molecule has 0 unspecified atom stereocenters. The van der Waals surface area contributed by atoms with Gasteiger partial charge in [0.05, 0.1) is 35.4 Å². The van der Waals surface area contributed by atoms with Gasteiger partial charge in [0.15, 0.2) is 12.2 Å². The Morgan fingerprint density at radius 2 is 2.00 bits per heavy atom. The van der Waals surface area contributed by atoms with Gasteiger partial charge in [0.2, 0.25) is 5.76 Å². The molecular weight excluding hydrogens is 398 g/mol. The molecule has 0 bridgehead atoms. The van der Waals surface area contributed by atoms with Gasteiger partial charge in [-0.3, -0.25) is 9.59 Å². The first-order valence-corrected chi connectivity index (χ1v) is 9.53. The molecule has 0 saturated carbocycles. The predicted octanol–water partition coefficient (Wildman–Crippen LogP) is 3.77. The third kappa shape index (κ3) is 3.69. The first kappa shape index (κ1) is 18.8. The molecule has 3 aromatic heterocycles. The fourth-order valence-corrected chi connectivity index (χ4v) is 3.45. The van der Waals surface area contributed by atoms with Crippen LogP contribution in [0.4, 0.5) is 17.2 Å². The van der Waals surface area contributed by atoms with E-state index in [4.69, 9.17) is 9.15 Å². The molecule has 0 saturated heterocycles. The minimum Gasteiger partial charge on any atom is -0.438 e. The van der Waals surface area contributed by atoms with E-state index in [2.05, 4.69) is 25.6 Å². The number of oxazole rings is 1. The molecule has 0 fully saturated rings. The normalized spacial score (nSPS) is 13.0. The summed E-state index contributed by atoms with van der Waals surface area (Å²) in [6, 6.07) is 13.1.